The van der Waals surface area contributed by atoms with E-state index in [4.69, 9.17) is 28.5 Å². The van der Waals surface area contributed by atoms with Crippen LogP contribution in [0.2, 0.25) is 10.0 Å². The molecule has 3 nitrogen and oxygen atoms in total. The Balaban J connectivity index is 2.28. The maximum absolute atomic E-state index is 12.1. The first-order valence-electron chi connectivity index (χ1n) is 5.48. The van der Waals surface area contributed by atoms with Gasteiger partial charge < -0.3 is 5.32 Å². The predicted molar refractivity (Wildman–Crippen MR) is 83.3 cm³/mol. The van der Waals surface area contributed by atoms with E-state index in [0.29, 0.717) is 26.3 Å². The van der Waals surface area contributed by atoms with Crippen molar-refractivity contribution in [2.75, 3.05) is 5.32 Å². The lowest BCUT2D eigenvalue weighted by Gasteiger charge is -2.09. The molecule has 0 spiro atoms. The molecule has 0 aliphatic heterocycles. The Hall–Kier alpha value is -1.54. The van der Waals surface area contributed by atoms with Crippen molar-refractivity contribution in [3.8, 4) is 6.07 Å². The van der Waals surface area contributed by atoms with E-state index in [-0.39, 0.29) is 10.9 Å². The fourth-order valence-electron chi connectivity index (χ4n) is 1.55. The molecule has 0 unspecified atom stereocenters. The van der Waals surface area contributed by atoms with E-state index in [1.807, 2.05) is 6.07 Å². The molecule has 2 aromatic carbocycles. The molecule has 1 N–H and O–H groups in total. The summed E-state index contributed by atoms with van der Waals surface area (Å²) in [4.78, 5) is 12.1. The number of anilines is 1. The average Bonchev–Trinajstić information content (AvgIpc) is 2.48. The third-order valence-corrected chi connectivity index (χ3v) is 4.31. The van der Waals surface area contributed by atoms with Crippen LogP contribution in [0.15, 0.2) is 40.9 Å². The summed E-state index contributed by atoms with van der Waals surface area (Å²) in [7, 11) is 0. The quantitative estimate of drug-likeness (QED) is 0.767. The fourth-order valence-corrected chi connectivity index (χ4v) is 2.37. The topological polar surface area (TPSA) is 52.9 Å². The van der Waals surface area contributed by atoms with Crippen LogP contribution in [0.4, 0.5) is 5.69 Å². The van der Waals surface area contributed by atoms with Crippen molar-refractivity contribution < 1.29 is 4.79 Å². The number of carbonyl (C=O) groups excluding carboxylic acids is 1. The number of benzene rings is 2. The van der Waals surface area contributed by atoms with E-state index in [2.05, 4.69) is 21.2 Å². The van der Waals surface area contributed by atoms with E-state index < -0.39 is 0 Å². The normalized spacial score (nSPS) is 9.90. The zero-order chi connectivity index (χ0) is 14.7. The minimum absolute atomic E-state index is 0.255. The molecular formula is C14H7BrCl2N2O. The van der Waals surface area contributed by atoms with Gasteiger partial charge in [0.05, 0.1) is 27.4 Å². The Morgan fingerprint density at radius 1 is 1.20 bits per heavy atom. The minimum Gasteiger partial charge on any atom is -0.321 e. The van der Waals surface area contributed by atoms with Gasteiger partial charge in [0.2, 0.25) is 0 Å². The first-order valence-corrected chi connectivity index (χ1v) is 7.03. The highest BCUT2D eigenvalue weighted by molar-refractivity contribution is 9.10. The predicted octanol–water partition coefficient (Wildman–Crippen LogP) is 4.88. The van der Waals surface area contributed by atoms with Crippen LogP contribution in [0.1, 0.15) is 15.9 Å². The number of amides is 1. The SMILES string of the molecule is N#Cc1cccc(C(=O)Nc2ccc(Br)c(Cl)c2Cl)c1. The van der Waals surface area contributed by atoms with Crippen LogP contribution in [-0.4, -0.2) is 5.91 Å². The van der Waals surface area contributed by atoms with Gasteiger partial charge in [0.15, 0.2) is 0 Å². The lowest BCUT2D eigenvalue weighted by molar-refractivity contribution is 0.102. The van der Waals surface area contributed by atoms with Gasteiger partial charge in [0, 0.05) is 10.0 Å². The highest BCUT2D eigenvalue weighted by atomic mass is 79.9. The molecular weight excluding hydrogens is 363 g/mol. The Morgan fingerprint density at radius 2 is 1.95 bits per heavy atom. The summed E-state index contributed by atoms with van der Waals surface area (Å²) < 4.78 is 0.647. The van der Waals surface area contributed by atoms with E-state index in [1.54, 1.807) is 30.3 Å². The van der Waals surface area contributed by atoms with Crippen LogP contribution in [0.5, 0.6) is 0 Å². The number of hydrogen-bond donors (Lipinski definition) is 1. The molecule has 0 fully saturated rings. The van der Waals surface area contributed by atoms with Crippen molar-refractivity contribution in [1.29, 1.82) is 5.26 Å². The zero-order valence-electron chi connectivity index (χ0n) is 9.95. The summed E-state index contributed by atoms with van der Waals surface area (Å²) in [5.41, 5.74) is 1.20. The van der Waals surface area contributed by atoms with Crippen molar-refractivity contribution >= 4 is 50.7 Å². The Morgan fingerprint density at radius 3 is 2.65 bits per heavy atom. The second-order valence-electron chi connectivity index (χ2n) is 3.87. The van der Waals surface area contributed by atoms with Crippen molar-refractivity contribution in [3.05, 3.63) is 62.0 Å². The van der Waals surface area contributed by atoms with Crippen molar-refractivity contribution in [3.63, 3.8) is 0 Å². The van der Waals surface area contributed by atoms with Crippen LogP contribution in [0.3, 0.4) is 0 Å². The van der Waals surface area contributed by atoms with Gasteiger partial charge >= 0.3 is 0 Å². The van der Waals surface area contributed by atoms with Gasteiger partial charge in [-0.1, -0.05) is 29.3 Å². The lowest BCUT2D eigenvalue weighted by atomic mass is 10.1. The van der Waals surface area contributed by atoms with Gasteiger partial charge in [-0.05, 0) is 46.3 Å². The maximum atomic E-state index is 12.1. The molecule has 100 valence electrons. The number of nitrogens with zero attached hydrogens (tertiary/aromatic N) is 1. The average molecular weight is 370 g/mol. The number of carbonyl (C=O) groups is 1. The molecule has 0 aliphatic carbocycles. The van der Waals surface area contributed by atoms with Crippen LogP contribution >= 0.6 is 39.1 Å². The maximum Gasteiger partial charge on any atom is 0.255 e. The first kappa shape index (κ1) is 14.9. The van der Waals surface area contributed by atoms with Crippen molar-refractivity contribution in [2.24, 2.45) is 0 Å². The Labute approximate surface area is 134 Å². The molecule has 0 bridgehead atoms. The standard InChI is InChI=1S/C14H7BrCl2N2O/c15-10-4-5-11(13(17)12(10)16)19-14(20)9-3-1-2-8(6-9)7-18/h1-6H,(H,19,20). The van der Waals surface area contributed by atoms with Crippen molar-refractivity contribution in [2.45, 2.75) is 0 Å². The van der Waals surface area contributed by atoms with E-state index in [9.17, 15) is 4.79 Å². The van der Waals surface area contributed by atoms with Gasteiger partial charge in [-0.15, -0.1) is 0 Å². The van der Waals surface area contributed by atoms with Crippen LogP contribution < -0.4 is 5.32 Å². The molecule has 6 heteroatoms. The Kier molecular flexibility index (Phi) is 4.66. The highest BCUT2D eigenvalue weighted by Gasteiger charge is 2.12. The van der Waals surface area contributed by atoms with Gasteiger partial charge in [0.25, 0.3) is 5.91 Å². The van der Waals surface area contributed by atoms with Crippen LogP contribution in [0, 0.1) is 11.3 Å². The fraction of sp³-hybridized carbons (Fsp3) is 0. The summed E-state index contributed by atoms with van der Waals surface area (Å²) in [6.45, 7) is 0. The molecule has 0 saturated carbocycles. The molecule has 0 aliphatic rings. The number of hydrogen-bond acceptors (Lipinski definition) is 2. The second-order valence-corrected chi connectivity index (χ2v) is 5.48. The van der Waals surface area contributed by atoms with Gasteiger partial charge in [-0.25, -0.2) is 0 Å². The zero-order valence-corrected chi connectivity index (χ0v) is 13.1. The largest absolute Gasteiger partial charge is 0.321 e. The smallest absolute Gasteiger partial charge is 0.255 e. The number of nitrogens with one attached hydrogen (secondary N) is 1. The number of rotatable bonds is 2. The molecule has 1 amide bonds. The summed E-state index contributed by atoms with van der Waals surface area (Å²) >= 11 is 15.3. The van der Waals surface area contributed by atoms with E-state index in [0.717, 1.165) is 0 Å². The third kappa shape index (κ3) is 3.13. The Bertz CT molecular complexity index is 726. The lowest BCUT2D eigenvalue weighted by Crippen LogP contribution is -2.12. The van der Waals surface area contributed by atoms with Crippen LogP contribution in [-0.2, 0) is 0 Å². The second kappa shape index (κ2) is 6.27. The molecule has 0 saturated heterocycles. The number of halogens is 3. The number of nitriles is 1. The van der Waals surface area contributed by atoms with Gasteiger partial charge in [-0.2, -0.15) is 5.26 Å². The molecule has 2 rings (SSSR count). The monoisotopic (exact) mass is 368 g/mol. The molecule has 20 heavy (non-hydrogen) atoms. The first-order chi connectivity index (χ1) is 9.52. The van der Waals surface area contributed by atoms with Crippen molar-refractivity contribution in [1.82, 2.24) is 0 Å². The van der Waals surface area contributed by atoms with Gasteiger partial charge in [-0.3, -0.25) is 4.79 Å². The molecule has 0 atom stereocenters. The van der Waals surface area contributed by atoms with Gasteiger partial charge in [0.1, 0.15) is 0 Å². The molecule has 0 aromatic heterocycles. The minimum atomic E-state index is -0.359. The third-order valence-electron chi connectivity index (χ3n) is 2.54. The summed E-state index contributed by atoms with van der Waals surface area (Å²) in [5, 5.41) is 12.1. The molecule has 2 aromatic rings. The van der Waals surface area contributed by atoms with E-state index in [1.165, 1.54) is 6.07 Å². The molecule has 0 heterocycles. The summed E-state index contributed by atoms with van der Waals surface area (Å²) in [5.74, 6) is -0.359. The highest BCUT2D eigenvalue weighted by Crippen LogP contribution is 2.35. The summed E-state index contributed by atoms with van der Waals surface area (Å²) in [6, 6.07) is 11.7. The van der Waals surface area contributed by atoms with E-state index >= 15 is 0 Å². The summed E-state index contributed by atoms with van der Waals surface area (Å²) in [6.07, 6.45) is 0. The van der Waals surface area contributed by atoms with Crippen LogP contribution in [0.25, 0.3) is 0 Å². The molecule has 0 radical (unpaired) electrons.